The molecule has 0 radical (unpaired) electrons. The van der Waals surface area contributed by atoms with Gasteiger partial charge in [0, 0.05) is 27.3 Å². The van der Waals surface area contributed by atoms with Crippen molar-refractivity contribution < 1.29 is 9.47 Å². The lowest BCUT2D eigenvalue weighted by Crippen LogP contribution is -2.05. The smallest absolute Gasteiger partial charge is 0.165 e. The zero-order chi connectivity index (χ0) is 21.5. The molecule has 3 rings (SSSR count). The number of allylic oxidation sites excluding steroid dienone is 1. The number of anilines is 1. The highest BCUT2D eigenvalue weighted by atomic mass is 79.9. The Morgan fingerprint density at radius 1 is 1.07 bits per heavy atom. The van der Waals surface area contributed by atoms with Gasteiger partial charge in [-0.25, -0.2) is 0 Å². The van der Waals surface area contributed by atoms with Gasteiger partial charge in [-0.2, -0.15) is 0 Å². The molecule has 0 heterocycles. The summed E-state index contributed by atoms with van der Waals surface area (Å²) in [6.07, 6.45) is 2.57. The largest absolute Gasteiger partial charge is 0.493 e. The summed E-state index contributed by atoms with van der Waals surface area (Å²) in [5.74, 6) is 1.47. The molecule has 3 aromatic rings. The van der Waals surface area contributed by atoms with E-state index in [2.05, 4.69) is 40.8 Å². The Hall–Kier alpha value is -2.43. The van der Waals surface area contributed by atoms with E-state index < -0.39 is 0 Å². The van der Waals surface area contributed by atoms with E-state index in [9.17, 15) is 0 Å². The third-order valence-electron chi connectivity index (χ3n) is 4.75. The van der Waals surface area contributed by atoms with Crippen molar-refractivity contribution in [2.75, 3.05) is 12.4 Å². The summed E-state index contributed by atoms with van der Waals surface area (Å²) in [5, 5.41) is 4.17. The number of hydrogen-bond acceptors (Lipinski definition) is 3. The molecule has 0 saturated heterocycles. The van der Waals surface area contributed by atoms with E-state index >= 15 is 0 Å². The summed E-state index contributed by atoms with van der Waals surface area (Å²) >= 11 is 9.60. The number of benzene rings is 3. The summed E-state index contributed by atoms with van der Waals surface area (Å²) in [4.78, 5) is 0. The van der Waals surface area contributed by atoms with E-state index in [4.69, 9.17) is 21.1 Å². The number of halogens is 2. The minimum absolute atomic E-state index is 0.465. The quantitative estimate of drug-likeness (QED) is 0.321. The Morgan fingerprint density at radius 3 is 2.53 bits per heavy atom. The minimum atomic E-state index is 0.465. The first-order valence-electron chi connectivity index (χ1n) is 9.68. The van der Waals surface area contributed by atoms with Crippen LogP contribution in [0.5, 0.6) is 11.5 Å². The number of aryl methyl sites for hydroxylation is 1. The first kappa shape index (κ1) is 22.3. The standard InChI is InChI=1S/C25H25BrClNO2/c1-4-5-20-12-19(15-28-23-14-22(27)11-6-17(23)2)13-24(29-3)25(20)30-16-18-7-9-21(26)10-8-18/h4,6-14,28H,1,5,15-16H2,2-3H3. The normalized spacial score (nSPS) is 10.5. The fraction of sp³-hybridized carbons (Fsp3) is 0.200. The fourth-order valence-electron chi connectivity index (χ4n) is 3.17. The zero-order valence-electron chi connectivity index (χ0n) is 17.2. The van der Waals surface area contributed by atoms with Crippen LogP contribution < -0.4 is 14.8 Å². The topological polar surface area (TPSA) is 30.5 Å². The van der Waals surface area contributed by atoms with Gasteiger partial charge in [-0.1, -0.05) is 51.8 Å². The molecule has 0 amide bonds. The Balaban J connectivity index is 1.82. The molecule has 30 heavy (non-hydrogen) atoms. The van der Waals surface area contributed by atoms with Gasteiger partial charge in [0.05, 0.1) is 7.11 Å². The molecule has 5 heteroatoms. The van der Waals surface area contributed by atoms with Gasteiger partial charge in [0.1, 0.15) is 6.61 Å². The Morgan fingerprint density at radius 2 is 1.83 bits per heavy atom. The lowest BCUT2D eigenvalue weighted by atomic mass is 10.0. The fourth-order valence-corrected chi connectivity index (χ4v) is 3.60. The van der Waals surface area contributed by atoms with Crippen molar-refractivity contribution in [3.63, 3.8) is 0 Å². The highest BCUT2D eigenvalue weighted by molar-refractivity contribution is 9.10. The SMILES string of the molecule is C=CCc1cc(CNc2cc(Cl)ccc2C)cc(OC)c1OCc1ccc(Br)cc1. The second-order valence-corrected chi connectivity index (χ2v) is 8.36. The second-order valence-electron chi connectivity index (χ2n) is 7.01. The molecular weight excluding hydrogens is 462 g/mol. The van der Waals surface area contributed by atoms with Crippen molar-refractivity contribution in [3.8, 4) is 11.5 Å². The Bertz CT molecular complexity index is 1020. The monoisotopic (exact) mass is 485 g/mol. The molecule has 0 saturated carbocycles. The maximum atomic E-state index is 6.16. The van der Waals surface area contributed by atoms with E-state index in [1.54, 1.807) is 7.11 Å². The molecule has 0 aliphatic rings. The van der Waals surface area contributed by atoms with Crippen LogP contribution >= 0.6 is 27.5 Å². The van der Waals surface area contributed by atoms with Gasteiger partial charge in [-0.15, -0.1) is 6.58 Å². The van der Waals surface area contributed by atoms with Gasteiger partial charge in [-0.05, 0) is 66.4 Å². The predicted octanol–water partition coefficient (Wildman–Crippen LogP) is 7.34. The lowest BCUT2D eigenvalue weighted by molar-refractivity contribution is 0.281. The average molecular weight is 487 g/mol. The van der Waals surface area contributed by atoms with Gasteiger partial charge in [0.25, 0.3) is 0 Å². The van der Waals surface area contributed by atoms with E-state index in [1.165, 1.54) is 0 Å². The zero-order valence-corrected chi connectivity index (χ0v) is 19.5. The molecule has 0 aliphatic carbocycles. The first-order chi connectivity index (χ1) is 14.5. The molecule has 0 aliphatic heterocycles. The van der Waals surface area contributed by atoms with Gasteiger partial charge in [-0.3, -0.25) is 0 Å². The highest BCUT2D eigenvalue weighted by Crippen LogP contribution is 2.35. The van der Waals surface area contributed by atoms with E-state index in [-0.39, 0.29) is 0 Å². The van der Waals surface area contributed by atoms with Crippen LogP contribution in [0.3, 0.4) is 0 Å². The van der Waals surface area contributed by atoms with Crippen LogP contribution in [-0.2, 0) is 19.6 Å². The van der Waals surface area contributed by atoms with Crippen molar-refractivity contribution >= 4 is 33.2 Å². The molecule has 0 atom stereocenters. The van der Waals surface area contributed by atoms with Crippen LogP contribution in [-0.4, -0.2) is 7.11 Å². The van der Waals surface area contributed by atoms with Gasteiger partial charge in [0.2, 0.25) is 0 Å². The molecule has 0 fully saturated rings. The van der Waals surface area contributed by atoms with Gasteiger partial charge >= 0.3 is 0 Å². The maximum absolute atomic E-state index is 6.16. The van der Waals surface area contributed by atoms with Crippen molar-refractivity contribution in [2.24, 2.45) is 0 Å². The summed E-state index contributed by atoms with van der Waals surface area (Å²) in [6.45, 7) is 7.06. The molecule has 0 unspecified atom stereocenters. The van der Waals surface area contributed by atoms with Crippen LogP contribution in [0.15, 0.2) is 71.7 Å². The predicted molar refractivity (Wildman–Crippen MR) is 129 cm³/mol. The first-order valence-corrected chi connectivity index (χ1v) is 10.8. The molecule has 0 spiro atoms. The van der Waals surface area contributed by atoms with E-state index in [0.717, 1.165) is 38.2 Å². The van der Waals surface area contributed by atoms with Crippen molar-refractivity contribution in [1.82, 2.24) is 0 Å². The molecule has 3 nitrogen and oxygen atoms in total. The summed E-state index contributed by atoms with van der Waals surface area (Å²) in [6, 6.07) is 18.1. The summed E-state index contributed by atoms with van der Waals surface area (Å²) in [7, 11) is 1.66. The maximum Gasteiger partial charge on any atom is 0.165 e. The number of nitrogens with one attached hydrogen (secondary N) is 1. The van der Waals surface area contributed by atoms with E-state index in [0.29, 0.717) is 30.3 Å². The molecule has 0 bridgehead atoms. The van der Waals surface area contributed by atoms with Gasteiger partial charge in [0.15, 0.2) is 11.5 Å². The lowest BCUT2D eigenvalue weighted by Gasteiger charge is -2.18. The third kappa shape index (κ3) is 5.80. The van der Waals surface area contributed by atoms with E-state index in [1.807, 2.05) is 54.6 Å². The number of rotatable bonds is 9. The molecule has 1 N–H and O–H groups in total. The highest BCUT2D eigenvalue weighted by Gasteiger charge is 2.13. The summed E-state index contributed by atoms with van der Waals surface area (Å²) < 4.78 is 12.9. The van der Waals surface area contributed by atoms with Crippen molar-refractivity contribution in [2.45, 2.75) is 26.5 Å². The minimum Gasteiger partial charge on any atom is -0.493 e. The second kappa shape index (κ2) is 10.6. The summed E-state index contributed by atoms with van der Waals surface area (Å²) in [5.41, 5.74) is 5.39. The van der Waals surface area contributed by atoms with Crippen molar-refractivity contribution in [3.05, 3.63) is 99.0 Å². The molecular formula is C25H25BrClNO2. The van der Waals surface area contributed by atoms with Crippen LogP contribution in [0, 0.1) is 6.92 Å². The Labute approximate surface area is 191 Å². The molecule has 0 aromatic heterocycles. The molecule has 3 aromatic carbocycles. The Kier molecular flexibility index (Phi) is 7.83. The average Bonchev–Trinajstić information content (AvgIpc) is 2.74. The van der Waals surface area contributed by atoms with Crippen LogP contribution in [0.1, 0.15) is 22.3 Å². The number of ether oxygens (including phenoxy) is 2. The van der Waals surface area contributed by atoms with Gasteiger partial charge < -0.3 is 14.8 Å². The molecule has 156 valence electrons. The number of hydrogen-bond donors (Lipinski definition) is 1. The van der Waals surface area contributed by atoms with Crippen molar-refractivity contribution in [1.29, 1.82) is 0 Å². The van der Waals surface area contributed by atoms with Crippen LogP contribution in [0.4, 0.5) is 5.69 Å². The number of methoxy groups -OCH3 is 1. The van der Waals surface area contributed by atoms with Crippen LogP contribution in [0.25, 0.3) is 0 Å². The van der Waals surface area contributed by atoms with Crippen LogP contribution in [0.2, 0.25) is 5.02 Å². The third-order valence-corrected chi connectivity index (χ3v) is 5.52.